The van der Waals surface area contributed by atoms with E-state index >= 15 is 0 Å². The molecule has 0 radical (unpaired) electrons. The molecular weight excluding hydrogens is 251 g/mol. The molecule has 0 amide bonds. The number of aromatic nitrogens is 2. The predicted octanol–water partition coefficient (Wildman–Crippen LogP) is 2.41. The van der Waals surface area contributed by atoms with E-state index in [1.807, 2.05) is 0 Å². The number of hydrogen-bond acceptors (Lipinski definition) is 5. The van der Waals surface area contributed by atoms with E-state index in [2.05, 4.69) is 10.1 Å². The van der Waals surface area contributed by atoms with Crippen molar-refractivity contribution >= 4 is 5.78 Å². The zero-order chi connectivity index (χ0) is 13.8. The third-order valence-electron chi connectivity index (χ3n) is 2.57. The first-order valence-corrected chi connectivity index (χ1v) is 5.76. The second kappa shape index (κ2) is 5.60. The normalized spacial score (nSPS) is 10.5. The lowest BCUT2D eigenvalue weighted by molar-refractivity contribution is -0.117. The molecule has 2 aromatic rings. The van der Waals surface area contributed by atoms with Crippen LogP contribution in [-0.4, -0.2) is 23.0 Å². The molecule has 100 valence electrons. The number of ketones is 1. The Balaban J connectivity index is 2.20. The summed E-state index contributed by atoms with van der Waals surface area (Å²) >= 11 is 0. The summed E-state index contributed by atoms with van der Waals surface area (Å²) in [5, 5.41) is 3.79. The molecule has 0 unspecified atom stereocenters. The van der Waals surface area contributed by atoms with Gasteiger partial charge in [-0.2, -0.15) is 4.98 Å². The van der Waals surface area contributed by atoms with E-state index in [-0.39, 0.29) is 11.5 Å². The SMILES string of the molecule is COc1cc(-c2noc(CCC(C)=O)n2)ccc1F. The maximum atomic E-state index is 13.3. The second-order valence-electron chi connectivity index (χ2n) is 4.06. The summed E-state index contributed by atoms with van der Waals surface area (Å²) in [6, 6.07) is 4.31. The van der Waals surface area contributed by atoms with Gasteiger partial charge in [0.2, 0.25) is 11.7 Å². The maximum absolute atomic E-state index is 13.3. The van der Waals surface area contributed by atoms with Gasteiger partial charge in [-0.25, -0.2) is 4.39 Å². The van der Waals surface area contributed by atoms with Crippen molar-refractivity contribution in [2.45, 2.75) is 19.8 Å². The Bertz CT molecular complexity index is 595. The molecule has 0 spiro atoms. The number of hydrogen-bond donors (Lipinski definition) is 0. The van der Waals surface area contributed by atoms with Crippen molar-refractivity contribution in [1.29, 1.82) is 0 Å². The number of methoxy groups -OCH3 is 1. The van der Waals surface area contributed by atoms with Crippen molar-refractivity contribution in [1.82, 2.24) is 10.1 Å². The lowest BCUT2D eigenvalue weighted by Gasteiger charge is -2.02. The molecule has 0 aliphatic carbocycles. The zero-order valence-corrected chi connectivity index (χ0v) is 10.6. The van der Waals surface area contributed by atoms with E-state index in [1.165, 1.54) is 32.2 Å². The molecule has 0 aliphatic rings. The van der Waals surface area contributed by atoms with Gasteiger partial charge in [-0.1, -0.05) is 5.16 Å². The standard InChI is InChI=1S/C13H13FN2O3/c1-8(17)3-6-12-15-13(16-19-12)9-4-5-10(14)11(7-9)18-2/h4-5,7H,3,6H2,1-2H3. The fraction of sp³-hybridized carbons (Fsp3) is 0.308. The number of rotatable bonds is 5. The molecule has 5 nitrogen and oxygen atoms in total. The quantitative estimate of drug-likeness (QED) is 0.829. The first-order valence-electron chi connectivity index (χ1n) is 5.76. The molecule has 0 bridgehead atoms. The smallest absolute Gasteiger partial charge is 0.227 e. The van der Waals surface area contributed by atoms with E-state index < -0.39 is 5.82 Å². The molecule has 1 heterocycles. The van der Waals surface area contributed by atoms with Gasteiger partial charge in [0.15, 0.2) is 11.6 Å². The molecule has 0 saturated heterocycles. The summed E-state index contributed by atoms with van der Waals surface area (Å²) < 4.78 is 23.2. The summed E-state index contributed by atoms with van der Waals surface area (Å²) in [6.45, 7) is 1.50. The van der Waals surface area contributed by atoms with Crippen LogP contribution in [0.25, 0.3) is 11.4 Å². The van der Waals surface area contributed by atoms with Gasteiger partial charge < -0.3 is 14.1 Å². The Labute approximate surface area is 109 Å². The van der Waals surface area contributed by atoms with Crippen LogP contribution in [0.3, 0.4) is 0 Å². The molecule has 0 aliphatic heterocycles. The summed E-state index contributed by atoms with van der Waals surface area (Å²) in [5.74, 6) is 0.452. The van der Waals surface area contributed by atoms with E-state index in [0.29, 0.717) is 30.1 Å². The number of ether oxygens (including phenoxy) is 1. The van der Waals surface area contributed by atoms with Crippen LogP contribution in [0.15, 0.2) is 22.7 Å². The van der Waals surface area contributed by atoms with Crippen LogP contribution in [-0.2, 0) is 11.2 Å². The number of Topliss-reactive ketones (excluding diaryl/α,β-unsaturated/α-hetero) is 1. The Kier molecular flexibility index (Phi) is 3.89. The first-order chi connectivity index (χ1) is 9.10. The minimum absolute atomic E-state index is 0.0585. The lowest BCUT2D eigenvalue weighted by Crippen LogP contribution is -1.94. The van der Waals surface area contributed by atoms with Gasteiger partial charge in [0.05, 0.1) is 7.11 Å². The third kappa shape index (κ3) is 3.15. The Hall–Kier alpha value is -2.24. The summed E-state index contributed by atoms with van der Waals surface area (Å²) in [7, 11) is 1.39. The zero-order valence-electron chi connectivity index (χ0n) is 10.6. The third-order valence-corrected chi connectivity index (χ3v) is 2.57. The number of benzene rings is 1. The maximum Gasteiger partial charge on any atom is 0.227 e. The minimum Gasteiger partial charge on any atom is -0.494 e. The lowest BCUT2D eigenvalue weighted by atomic mass is 10.2. The Morgan fingerprint density at radius 1 is 1.47 bits per heavy atom. The molecule has 0 fully saturated rings. The monoisotopic (exact) mass is 264 g/mol. The van der Waals surface area contributed by atoms with Crippen LogP contribution in [0.1, 0.15) is 19.2 Å². The van der Waals surface area contributed by atoms with Gasteiger partial charge >= 0.3 is 0 Å². The van der Waals surface area contributed by atoms with Gasteiger partial charge in [-0.3, -0.25) is 0 Å². The van der Waals surface area contributed by atoms with Crippen molar-refractivity contribution < 1.29 is 18.4 Å². The molecule has 1 aromatic heterocycles. The molecule has 0 N–H and O–H groups in total. The molecular formula is C13H13FN2O3. The average molecular weight is 264 g/mol. The van der Waals surface area contributed by atoms with Crippen LogP contribution in [0, 0.1) is 5.82 Å². The number of carbonyl (C=O) groups is 1. The largest absolute Gasteiger partial charge is 0.494 e. The molecule has 19 heavy (non-hydrogen) atoms. The Morgan fingerprint density at radius 3 is 2.95 bits per heavy atom. The fourth-order valence-corrected chi connectivity index (χ4v) is 1.56. The number of halogens is 1. The Morgan fingerprint density at radius 2 is 2.26 bits per heavy atom. The molecule has 0 saturated carbocycles. The number of aryl methyl sites for hydroxylation is 1. The highest BCUT2D eigenvalue weighted by molar-refractivity contribution is 5.75. The fourth-order valence-electron chi connectivity index (χ4n) is 1.56. The van der Waals surface area contributed by atoms with Crippen LogP contribution < -0.4 is 4.74 Å². The van der Waals surface area contributed by atoms with Gasteiger partial charge in [0.25, 0.3) is 0 Å². The van der Waals surface area contributed by atoms with Crippen molar-refractivity contribution in [3.05, 3.63) is 29.9 Å². The molecule has 1 aromatic carbocycles. The van der Waals surface area contributed by atoms with Crippen molar-refractivity contribution in [2.24, 2.45) is 0 Å². The van der Waals surface area contributed by atoms with Crippen LogP contribution in [0.5, 0.6) is 5.75 Å². The summed E-state index contributed by atoms with van der Waals surface area (Å²) in [4.78, 5) is 15.0. The van der Waals surface area contributed by atoms with E-state index in [0.717, 1.165) is 0 Å². The molecule has 2 rings (SSSR count). The second-order valence-corrected chi connectivity index (χ2v) is 4.06. The predicted molar refractivity (Wildman–Crippen MR) is 65.2 cm³/mol. The molecule has 6 heteroatoms. The summed E-state index contributed by atoms with van der Waals surface area (Å²) in [6.07, 6.45) is 0.759. The van der Waals surface area contributed by atoms with Crippen LogP contribution in [0.4, 0.5) is 4.39 Å². The minimum atomic E-state index is -0.452. The van der Waals surface area contributed by atoms with Crippen molar-refractivity contribution in [3.63, 3.8) is 0 Å². The number of nitrogens with zero attached hydrogens (tertiary/aromatic N) is 2. The van der Waals surface area contributed by atoms with Gasteiger partial charge in [0.1, 0.15) is 5.78 Å². The van der Waals surface area contributed by atoms with E-state index in [9.17, 15) is 9.18 Å². The highest BCUT2D eigenvalue weighted by Gasteiger charge is 2.12. The van der Waals surface area contributed by atoms with Gasteiger partial charge in [0, 0.05) is 18.4 Å². The summed E-state index contributed by atoms with van der Waals surface area (Å²) in [5.41, 5.74) is 0.594. The number of carbonyl (C=O) groups excluding carboxylic acids is 1. The molecule has 0 atom stereocenters. The van der Waals surface area contributed by atoms with Gasteiger partial charge in [-0.15, -0.1) is 0 Å². The highest BCUT2D eigenvalue weighted by atomic mass is 19.1. The van der Waals surface area contributed by atoms with E-state index in [4.69, 9.17) is 9.26 Å². The van der Waals surface area contributed by atoms with E-state index in [1.54, 1.807) is 0 Å². The average Bonchev–Trinajstić information content (AvgIpc) is 2.86. The van der Waals surface area contributed by atoms with Crippen molar-refractivity contribution in [3.8, 4) is 17.1 Å². The highest BCUT2D eigenvalue weighted by Crippen LogP contribution is 2.24. The van der Waals surface area contributed by atoms with Crippen LogP contribution >= 0.6 is 0 Å². The van der Waals surface area contributed by atoms with Crippen molar-refractivity contribution in [2.75, 3.05) is 7.11 Å². The first kappa shape index (κ1) is 13.2. The van der Waals surface area contributed by atoms with Crippen LogP contribution in [0.2, 0.25) is 0 Å². The topological polar surface area (TPSA) is 65.2 Å². The van der Waals surface area contributed by atoms with Gasteiger partial charge in [-0.05, 0) is 25.1 Å².